The predicted octanol–water partition coefficient (Wildman–Crippen LogP) is 3.18. The Hall–Kier alpha value is 0.140. The van der Waals surface area contributed by atoms with Crippen LogP contribution in [0.2, 0.25) is 0 Å². The van der Waals surface area contributed by atoms with Crippen molar-refractivity contribution in [3.63, 3.8) is 0 Å². The van der Waals surface area contributed by atoms with Crippen molar-refractivity contribution in [2.24, 2.45) is 5.73 Å². The highest BCUT2D eigenvalue weighted by Crippen LogP contribution is 2.25. The topological polar surface area (TPSA) is 26.0 Å². The van der Waals surface area contributed by atoms with Gasteiger partial charge in [0, 0.05) is 10.4 Å². The second-order valence-corrected chi connectivity index (χ2v) is 5.94. The fourth-order valence-electron chi connectivity index (χ4n) is 0.970. The SMILES string of the molecule is CCC(C)(N)Cc1ccc(Br)s1. The number of hydrogen-bond acceptors (Lipinski definition) is 2. The molecular weight excluding hydrogens is 234 g/mol. The molecule has 1 unspecified atom stereocenters. The van der Waals surface area contributed by atoms with Gasteiger partial charge in [-0.3, -0.25) is 0 Å². The third-order valence-corrected chi connectivity index (χ3v) is 3.64. The molecule has 1 atom stereocenters. The van der Waals surface area contributed by atoms with E-state index in [4.69, 9.17) is 5.73 Å². The largest absolute Gasteiger partial charge is 0.325 e. The van der Waals surface area contributed by atoms with Crippen LogP contribution in [0, 0.1) is 0 Å². The van der Waals surface area contributed by atoms with Gasteiger partial charge < -0.3 is 5.73 Å². The van der Waals surface area contributed by atoms with Crippen LogP contribution in [-0.2, 0) is 6.42 Å². The van der Waals surface area contributed by atoms with Gasteiger partial charge in [-0.05, 0) is 47.8 Å². The average molecular weight is 248 g/mol. The number of thiophene rings is 1. The van der Waals surface area contributed by atoms with Crippen molar-refractivity contribution < 1.29 is 0 Å². The number of nitrogens with two attached hydrogens (primary N) is 1. The van der Waals surface area contributed by atoms with Gasteiger partial charge in [0.2, 0.25) is 0 Å². The van der Waals surface area contributed by atoms with Crippen LogP contribution < -0.4 is 5.73 Å². The maximum Gasteiger partial charge on any atom is 0.0701 e. The van der Waals surface area contributed by atoms with Crippen molar-refractivity contribution in [2.45, 2.75) is 32.2 Å². The normalized spacial score (nSPS) is 16.0. The Labute approximate surface area is 86.1 Å². The van der Waals surface area contributed by atoms with Gasteiger partial charge in [0.15, 0.2) is 0 Å². The Morgan fingerprint density at radius 1 is 1.58 bits per heavy atom. The van der Waals surface area contributed by atoms with E-state index in [-0.39, 0.29) is 5.54 Å². The Kier molecular flexibility index (Phi) is 3.32. The van der Waals surface area contributed by atoms with Crippen molar-refractivity contribution in [1.82, 2.24) is 0 Å². The van der Waals surface area contributed by atoms with Crippen LogP contribution in [0.5, 0.6) is 0 Å². The van der Waals surface area contributed by atoms with Gasteiger partial charge in [0.25, 0.3) is 0 Å². The van der Waals surface area contributed by atoms with Crippen molar-refractivity contribution >= 4 is 27.3 Å². The van der Waals surface area contributed by atoms with Crippen LogP contribution in [0.1, 0.15) is 25.1 Å². The van der Waals surface area contributed by atoms with Crippen LogP contribution in [0.15, 0.2) is 15.9 Å². The molecule has 0 radical (unpaired) electrons. The van der Waals surface area contributed by atoms with E-state index in [1.165, 1.54) is 8.66 Å². The van der Waals surface area contributed by atoms with Crippen LogP contribution in [0.3, 0.4) is 0 Å². The van der Waals surface area contributed by atoms with Crippen molar-refractivity contribution in [3.05, 3.63) is 20.8 Å². The minimum atomic E-state index is -0.0513. The van der Waals surface area contributed by atoms with E-state index in [2.05, 4.69) is 41.9 Å². The molecule has 0 amide bonds. The zero-order valence-electron chi connectivity index (χ0n) is 7.43. The number of hydrogen-bond donors (Lipinski definition) is 1. The summed E-state index contributed by atoms with van der Waals surface area (Å²) in [6.45, 7) is 4.23. The maximum absolute atomic E-state index is 6.05. The fourth-order valence-corrected chi connectivity index (χ4v) is 2.65. The van der Waals surface area contributed by atoms with Gasteiger partial charge in [-0.15, -0.1) is 11.3 Å². The summed E-state index contributed by atoms with van der Waals surface area (Å²) in [5.41, 5.74) is 6.00. The molecule has 0 aliphatic heterocycles. The quantitative estimate of drug-likeness (QED) is 0.873. The summed E-state index contributed by atoms with van der Waals surface area (Å²) in [4.78, 5) is 1.36. The van der Waals surface area contributed by atoms with E-state index >= 15 is 0 Å². The van der Waals surface area contributed by atoms with Crippen molar-refractivity contribution in [2.75, 3.05) is 0 Å². The lowest BCUT2D eigenvalue weighted by Gasteiger charge is -2.21. The van der Waals surface area contributed by atoms with Crippen molar-refractivity contribution in [1.29, 1.82) is 0 Å². The summed E-state index contributed by atoms with van der Waals surface area (Å²) >= 11 is 5.21. The standard InChI is InChI=1S/C9H14BrNS/c1-3-9(2,11)6-7-4-5-8(10)12-7/h4-5H,3,6,11H2,1-2H3. The molecule has 0 aliphatic rings. The molecule has 0 saturated carbocycles. The first-order valence-corrected chi connectivity index (χ1v) is 5.67. The summed E-state index contributed by atoms with van der Waals surface area (Å²) in [6, 6.07) is 4.21. The molecule has 0 aliphatic carbocycles. The summed E-state index contributed by atoms with van der Waals surface area (Å²) in [5, 5.41) is 0. The lowest BCUT2D eigenvalue weighted by atomic mass is 9.95. The van der Waals surface area contributed by atoms with Crippen LogP contribution >= 0.6 is 27.3 Å². The van der Waals surface area contributed by atoms with E-state index < -0.39 is 0 Å². The molecule has 12 heavy (non-hydrogen) atoms. The van der Waals surface area contributed by atoms with Gasteiger partial charge in [0.05, 0.1) is 3.79 Å². The van der Waals surface area contributed by atoms with E-state index in [1.54, 1.807) is 11.3 Å². The molecule has 3 heteroatoms. The van der Waals surface area contributed by atoms with Crippen LogP contribution in [0.25, 0.3) is 0 Å². The third-order valence-electron chi connectivity index (χ3n) is 2.01. The van der Waals surface area contributed by atoms with Gasteiger partial charge in [-0.1, -0.05) is 6.92 Å². The van der Waals surface area contributed by atoms with Gasteiger partial charge >= 0.3 is 0 Å². The first-order valence-electron chi connectivity index (χ1n) is 4.06. The van der Waals surface area contributed by atoms with Crippen LogP contribution in [0.4, 0.5) is 0 Å². The van der Waals surface area contributed by atoms with E-state index in [9.17, 15) is 0 Å². The summed E-state index contributed by atoms with van der Waals surface area (Å²) in [6.07, 6.45) is 1.99. The molecule has 1 rings (SSSR count). The first-order chi connectivity index (χ1) is 5.53. The monoisotopic (exact) mass is 247 g/mol. The van der Waals surface area contributed by atoms with Gasteiger partial charge in [-0.2, -0.15) is 0 Å². The molecule has 1 nitrogen and oxygen atoms in total. The summed E-state index contributed by atoms with van der Waals surface area (Å²) in [7, 11) is 0. The molecule has 68 valence electrons. The Morgan fingerprint density at radius 3 is 2.67 bits per heavy atom. The zero-order valence-corrected chi connectivity index (χ0v) is 9.83. The smallest absolute Gasteiger partial charge is 0.0701 e. The minimum Gasteiger partial charge on any atom is -0.325 e. The van der Waals surface area contributed by atoms with Gasteiger partial charge in [-0.25, -0.2) is 0 Å². The zero-order chi connectivity index (χ0) is 9.19. The number of rotatable bonds is 3. The van der Waals surface area contributed by atoms with Crippen molar-refractivity contribution in [3.8, 4) is 0 Å². The molecule has 2 N–H and O–H groups in total. The summed E-state index contributed by atoms with van der Waals surface area (Å²) < 4.78 is 1.18. The third kappa shape index (κ3) is 2.88. The molecule has 1 aromatic rings. The predicted molar refractivity (Wildman–Crippen MR) is 58.6 cm³/mol. The average Bonchev–Trinajstić information content (AvgIpc) is 2.35. The van der Waals surface area contributed by atoms with E-state index in [1.807, 2.05) is 0 Å². The highest BCUT2D eigenvalue weighted by Gasteiger charge is 2.16. The molecule has 1 aromatic heterocycles. The maximum atomic E-state index is 6.05. The molecule has 0 fully saturated rings. The van der Waals surface area contributed by atoms with Crippen LogP contribution in [-0.4, -0.2) is 5.54 Å². The first kappa shape index (κ1) is 10.2. The molecule has 0 spiro atoms. The van der Waals surface area contributed by atoms with E-state index in [0.29, 0.717) is 0 Å². The summed E-state index contributed by atoms with van der Waals surface area (Å²) in [5.74, 6) is 0. The Bertz CT molecular complexity index is 255. The number of halogens is 1. The highest BCUT2D eigenvalue weighted by atomic mass is 79.9. The lowest BCUT2D eigenvalue weighted by molar-refractivity contribution is 0.453. The van der Waals surface area contributed by atoms with E-state index in [0.717, 1.165) is 12.8 Å². The molecule has 0 bridgehead atoms. The Morgan fingerprint density at radius 2 is 2.25 bits per heavy atom. The molecular formula is C9H14BrNS. The molecule has 0 aromatic carbocycles. The second kappa shape index (κ2) is 3.90. The fraction of sp³-hybridized carbons (Fsp3) is 0.556. The Balaban J connectivity index is 2.63. The highest BCUT2D eigenvalue weighted by molar-refractivity contribution is 9.11. The molecule has 1 heterocycles. The minimum absolute atomic E-state index is 0.0513. The molecule has 0 saturated heterocycles. The second-order valence-electron chi connectivity index (χ2n) is 3.39. The van der Waals surface area contributed by atoms with Gasteiger partial charge in [0.1, 0.15) is 0 Å². The lowest BCUT2D eigenvalue weighted by Crippen LogP contribution is -2.37.